The summed E-state index contributed by atoms with van der Waals surface area (Å²) < 4.78 is 49.4. The Kier molecular flexibility index (Phi) is 5.80. The zero-order valence-electron chi connectivity index (χ0n) is 19.2. The van der Waals surface area contributed by atoms with Gasteiger partial charge >= 0.3 is 0 Å². The van der Waals surface area contributed by atoms with E-state index in [1.165, 1.54) is 11.7 Å². The van der Waals surface area contributed by atoms with E-state index in [0.29, 0.717) is 41.2 Å². The molecule has 11 heteroatoms. The minimum Gasteiger partial charge on any atom is -0.479 e. The smallest absolute Gasteiger partial charge is 0.256 e. The minimum atomic E-state index is -2.48. The quantitative estimate of drug-likeness (QED) is 0.460. The molecule has 0 aliphatic carbocycles. The van der Waals surface area contributed by atoms with Gasteiger partial charge in [-0.25, -0.2) is 22.7 Å². The van der Waals surface area contributed by atoms with Crippen molar-refractivity contribution in [3.8, 4) is 17.0 Å². The maximum Gasteiger partial charge on any atom is 0.256 e. The Balaban J connectivity index is 1.53. The summed E-state index contributed by atoms with van der Waals surface area (Å²) in [4.78, 5) is 10.8. The fraction of sp³-hybridized carbons (Fsp3) is 0.435. The Labute approximate surface area is 194 Å². The van der Waals surface area contributed by atoms with Crippen LogP contribution in [0.15, 0.2) is 30.5 Å². The summed E-state index contributed by atoms with van der Waals surface area (Å²) in [5.41, 5.74) is 3.50. The van der Waals surface area contributed by atoms with Gasteiger partial charge in [-0.3, -0.25) is 0 Å². The van der Waals surface area contributed by atoms with Crippen molar-refractivity contribution in [2.45, 2.75) is 38.5 Å². The molecule has 34 heavy (non-hydrogen) atoms. The topological polar surface area (TPSA) is 72.5 Å². The lowest BCUT2D eigenvalue weighted by Gasteiger charge is -2.32. The number of alkyl halides is 3. The number of ether oxygens (including phenoxy) is 1. The van der Waals surface area contributed by atoms with E-state index in [4.69, 9.17) is 4.74 Å². The Morgan fingerprint density at radius 1 is 1.24 bits per heavy atom. The van der Waals surface area contributed by atoms with Gasteiger partial charge in [0.2, 0.25) is 11.8 Å². The van der Waals surface area contributed by atoms with Crippen LogP contribution >= 0.6 is 0 Å². The number of halogens is 3. The predicted molar refractivity (Wildman–Crippen MR) is 123 cm³/mol. The van der Waals surface area contributed by atoms with E-state index in [2.05, 4.69) is 20.4 Å². The second kappa shape index (κ2) is 8.79. The van der Waals surface area contributed by atoms with Crippen molar-refractivity contribution >= 4 is 22.5 Å². The van der Waals surface area contributed by atoms with Crippen LogP contribution < -0.4 is 10.1 Å². The molecule has 3 aromatic heterocycles. The number of aryl methyl sites for hydroxylation is 1. The van der Waals surface area contributed by atoms with Crippen molar-refractivity contribution < 1.29 is 17.9 Å². The first-order valence-corrected chi connectivity index (χ1v) is 11.1. The van der Waals surface area contributed by atoms with Crippen LogP contribution in [-0.2, 0) is 6.54 Å². The highest BCUT2D eigenvalue weighted by atomic mass is 19.3. The molecule has 1 aliphatic heterocycles. The van der Waals surface area contributed by atoms with Gasteiger partial charge in [0.05, 0.1) is 30.7 Å². The Morgan fingerprint density at radius 2 is 2.06 bits per heavy atom. The molecule has 1 aliphatic rings. The molecule has 0 unspecified atom stereocenters. The number of piperidine rings is 1. The molecule has 1 N–H and O–H groups in total. The number of likely N-dealkylation sites (tertiary alicyclic amines) is 1. The summed E-state index contributed by atoms with van der Waals surface area (Å²) in [6, 6.07) is 7.02. The third kappa shape index (κ3) is 4.04. The average Bonchev–Trinajstić information content (AvgIpc) is 3.35. The van der Waals surface area contributed by atoms with Crippen LogP contribution in [0.2, 0.25) is 0 Å². The van der Waals surface area contributed by atoms with Gasteiger partial charge in [-0.05, 0) is 44.2 Å². The fourth-order valence-electron chi connectivity index (χ4n) is 4.59. The van der Waals surface area contributed by atoms with Gasteiger partial charge in [0, 0.05) is 24.8 Å². The van der Waals surface area contributed by atoms with Crippen molar-refractivity contribution in [3.63, 3.8) is 0 Å². The van der Waals surface area contributed by atoms with E-state index < -0.39 is 19.1 Å². The van der Waals surface area contributed by atoms with Gasteiger partial charge in [0.25, 0.3) is 6.43 Å². The Hall–Kier alpha value is -3.34. The summed E-state index contributed by atoms with van der Waals surface area (Å²) >= 11 is 0. The van der Waals surface area contributed by atoms with E-state index in [-0.39, 0.29) is 12.0 Å². The molecule has 5 rings (SSSR count). The molecule has 8 nitrogen and oxygen atoms in total. The molecule has 1 saturated heterocycles. The number of hydrogen-bond donors (Lipinski definition) is 1. The van der Waals surface area contributed by atoms with Gasteiger partial charge < -0.3 is 19.5 Å². The SMILES string of the molecule is COc1nc(N[C@H]2CCN(C)C[C@@H]2F)nn2ccc(-c3ccc4nc(C)n(CC(F)F)c4c3)c12. The van der Waals surface area contributed by atoms with Gasteiger partial charge in [-0.2, -0.15) is 4.98 Å². The maximum atomic E-state index is 14.5. The van der Waals surface area contributed by atoms with Crippen LogP contribution in [0.4, 0.5) is 19.1 Å². The third-order valence-corrected chi connectivity index (χ3v) is 6.30. The zero-order valence-corrected chi connectivity index (χ0v) is 19.2. The summed E-state index contributed by atoms with van der Waals surface area (Å²) in [5.74, 6) is 1.15. The lowest BCUT2D eigenvalue weighted by Crippen LogP contribution is -2.46. The highest BCUT2D eigenvalue weighted by molar-refractivity contribution is 5.89. The molecular formula is C23H26F3N7O. The third-order valence-electron chi connectivity index (χ3n) is 6.30. The van der Waals surface area contributed by atoms with Crippen molar-refractivity contribution in [1.82, 2.24) is 29.0 Å². The Bertz CT molecular complexity index is 1340. The van der Waals surface area contributed by atoms with Gasteiger partial charge in [0.1, 0.15) is 17.5 Å². The summed E-state index contributed by atoms with van der Waals surface area (Å²) in [6.45, 7) is 2.44. The van der Waals surface area contributed by atoms with E-state index in [1.54, 1.807) is 17.6 Å². The highest BCUT2D eigenvalue weighted by Crippen LogP contribution is 2.33. The molecule has 1 fully saturated rings. The van der Waals surface area contributed by atoms with E-state index in [9.17, 15) is 13.2 Å². The van der Waals surface area contributed by atoms with E-state index >= 15 is 0 Å². The number of imidazole rings is 1. The van der Waals surface area contributed by atoms with Crippen molar-refractivity contribution in [3.05, 3.63) is 36.3 Å². The standard InChI is InChI=1S/C23H26F3N7O/c1-13-27-18-5-4-14(10-19(18)32(13)12-20(25)26)15-6-9-33-21(15)22(34-3)29-23(30-33)28-17-7-8-31(2)11-16(17)24/h4-6,9-10,16-17,20H,7-8,11-12H2,1-3H3,(H,28,30)/t16-,17-/m0/s1. The number of hydrogen-bond acceptors (Lipinski definition) is 6. The Morgan fingerprint density at radius 3 is 2.79 bits per heavy atom. The number of fused-ring (bicyclic) bond motifs is 2. The van der Waals surface area contributed by atoms with Gasteiger partial charge in [0.15, 0.2) is 0 Å². The second-order valence-corrected chi connectivity index (χ2v) is 8.65. The molecule has 1 aromatic carbocycles. The van der Waals surface area contributed by atoms with Crippen LogP contribution in [0.25, 0.3) is 27.7 Å². The molecular weight excluding hydrogens is 447 g/mol. The van der Waals surface area contributed by atoms with E-state index in [1.807, 2.05) is 36.2 Å². The number of benzene rings is 1. The predicted octanol–water partition coefficient (Wildman–Crippen LogP) is 3.78. The normalized spacial score (nSPS) is 19.4. The monoisotopic (exact) mass is 473 g/mol. The van der Waals surface area contributed by atoms with Crippen molar-refractivity contribution in [2.75, 3.05) is 32.6 Å². The number of nitrogens with one attached hydrogen (secondary N) is 1. The fourth-order valence-corrected chi connectivity index (χ4v) is 4.59. The first-order chi connectivity index (χ1) is 16.3. The van der Waals surface area contributed by atoms with Crippen molar-refractivity contribution in [1.29, 1.82) is 0 Å². The lowest BCUT2D eigenvalue weighted by molar-refractivity contribution is 0.127. The molecule has 2 atom stereocenters. The first-order valence-electron chi connectivity index (χ1n) is 11.1. The number of methoxy groups -OCH3 is 1. The number of aromatic nitrogens is 5. The van der Waals surface area contributed by atoms with Gasteiger partial charge in [-0.1, -0.05) is 6.07 Å². The maximum absolute atomic E-state index is 14.5. The summed E-state index contributed by atoms with van der Waals surface area (Å²) in [5, 5.41) is 7.63. The molecule has 180 valence electrons. The molecule has 4 heterocycles. The van der Waals surface area contributed by atoms with Crippen LogP contribution in [0, 0.1) is 6.92 Å². The summed E-state index contributed by atoms with van der Waals surface area (Å²) in [7, 11) is 3.41. The summed E-state index contributed by atoms with van der Waals surface area (Å²) in [6.07, 6.45) is -1.10. The van der Waals surface area contributed by atoms with E-state index in [0.717, 1.165) is 17.7 Å². The van der Waals surface area contributed by atoms with Crippen LogP contribution in [0.3, 0.4) is 0 Å². The van der Waals surface area contributed by atoms with Gasteiger partial charge in [-0.15, -0.1) is 5.10 Å². The van der Waals surface area contributed by atoms with Crippen LogP contribution in [0.1, 0.15) is 12.2 Å². The molecule has 0 radical (unpaired) electrons. The largest absolute Gasteiger partial charge is 0.479 e. The van der Waals surface area contributed by atoms with Crippen LogP contribution in [-0.4, -0.2) is 74.9 Å². The lowest BCUT2D eigenvalue weighted by atomic mass is 10.0. The number of nitrogens with zero attached hydrogens (tertiary/aromatic N) is 6. The minimum absolute atomic E-state index is 0.282. The number of anilines is 1. The van der Waals surface area contributed by atoms with Crippen LogP contribution in [0.5, 0.6) is 5.88 Å². The molecule has 0 saturated carbocycles. The first kappa shape index (κ1) is 22.5. The number of rotatable bonds is 6. The second-order valence-electron chi connectivity index (χ2n) is 8.65. The zero-order chi connectivity index (χ0) is 24.0. The molecule has 4 aromatic rings. The molecule has 0 amide bonds. The molecule has 0 spiro atoms. The average molecular weight is 474 g/mol. The molecule has 0 bridgehead atoms. The van der Waals surface area contributed by atoms with Crippen molar-refractivity contribution in [2.24, 2.45) is 0 Å². The highest BCUT2D eigenvalue weighted by Gasteiger charge is 2.28.